The second-order valence-corrected chi connectivity index (χ2v) is 4.33. The highest BCUT2D eigenvalue weighted by Crippen LogP contribution is 2.18. The molecule has 0 radical (unpaired) electrons. The molecule has 0 amide bonds. The van der Waals surface area contributed by atoms with Crippen LogP contribution in [-0.4, -0.2) is 17.2 Å². The maximum absolute atomic E-state index is 11.0. The first-order chi connectivity index (χ1) is 8.13. The monoisotopic (exact) mass is 256 g/mol. The van der Waals surface area contributed by atoms with Crippen LogP contribution in [0.15, 0.2) is 24.3 Å². The van der Waals surface area contributed by atoms with E-state index in [2.05, 4.69) is 6.92 Å². The Morgan fingerprint density at radius 1 is 1.35 bits per heavy atom. The number of aliphatic carboxylic acids is 1. The van der Waals surface area contributed by atoms with Gasteiger partial charge < -0.3 is 9.84 Å². The van der Waals surface area contributed by atoms with E-state index in [4.69, 9.17) is 21.4 Å². The number of carboxylic acid groups (broad SMARTS) is 1. The minimum absolute atomic E-state index is 0.534. The van der Waals surface area contributed by atoms with Gasteiger partial charge in [0.05, 0.1) is 0 Å². The Hall–Kier alpha value is -1.22. The molecular weight excluding hydrogens is 240 g/mol. The average Bonchev–Trinajstić information content (AvgIpc) is 2.30. The zero-order valence-corrected chi connectivity index (χ0v) is 10.6. The number of hydrogen-bond donors (Lipinski definition) is 1. The SMILES string of the molecule is CCCCC[C@H](Oc1ccc(Cl)cc1)C(=O)O. The zero-order chi connectivity index (χ0) is 12.7. The zero-order valence-electron chi connectivity index (χ0n) is 9.86. The average molecular weight is 257 g/mol. The van der Waals surface area contributed by atoms with E-state index in [9.17, 15) is 4.79 Å². The highest BCUT2D eigenvalue weighted by atomic mass is 35.5. The molecular formula is C13H17ClO3. The third kappa shape index (κ3) is 5.09. The third-order valence-electron chi connectivity index (χ3n) is 2.44. The van der Waals surface area contributed by atoms with Crippen LogP contribution in [0, 0.1) is 0 Å². The van der Waals surface area contributed by atoms with E-state index in [-0.39, 0.29) is 0 Å². The fourth-order valence-corrected chi connectivity index (χ4v) is 1.62. The molecule has 0 unspecified atom stereocenters. The van der Waals surface area contributed by atoms with Gasteiger partial charge in [-0.3, -0.25) is 0 Å². The Bertz CT molecular complexity index is 348. The van der Waals surface area contributed by atoms with Crippen LogP contribution in [0.2, 0.25) is 5.02 Å². The first-order valence-electron chi connectivity index (χ1n) is 5.78. The predicted octanol–water partition coefficient (Wildman–Crippen LogP) is 3.75. The van der Waals surface area contributed by atoms with E-state index in [1.165, 1.54) is 0 Å². The number of rotatable bonds is 7. The Morgan fingerprint density at radius 3 is 2.53 bits per heavy atom. The van der Waals surface area contributed by atoms with Gasteiger partial charge in [-0.15, -0.1) is 0 Å². The van der Waals surface area contributed by atoms with E-state index in [0.717, 1.165) is 19.3 Å². The minimum atomic E-state index is -0.920. The summed E-state index contributed by atoms with van der Waals surface area (Å²) in [5.41, 5.74) is 0. The fraction of sp³-hybridized carbons (Fsp3) is 0.462. The van der Waals surface area contributed by atoms with Crippen molar-refractivity contribution in [1.29, 1.82) is 0 Å². The molecule has 94 valence electrons. The van der Waals surface area contributed by atoms with Crippen LogP contribution in [0.1, 0.15) is 32.6 Å². The van der Waals surface area contributed by atoms with Crippen molar-refractivity contribution in [3.05, 3.63) is 29.3 Å². The molecule has 0 saturated carbocycles. The quantitative estimate of drug-likeness (QED) is 0.756. The lowest BCUT2D eigenvalue weighted by Gasteiger charge is -2.14. The molecule has 3 nitrogen and oxygen atoms in total. The number of ether oxygens (including phenoxy) is 1. The van der Waals surface area contributed by atoms with Crippen LogP contribution in [-0.2, 0) is 4.79 Å². The fourth-order valence-electron chi connectivity index (χ4n) is 1.49. The lowest BCUT2D eigenvalue weighted by atomic mass is 10.1. The molecule has 0 aliphatic rings. The number of hydrogen-bond acceptors (Lipinski definition) is 2. The Labute approximate surface area is 106 Å². The van der Waals surface area contributed by atoms with Crippen molar-refractivity contribution in [1.82, 2.24) is 0 Å². The summed E-state index contributed by atoms with van der Waals surface area (Å²) in [6.07, 6.45) is 2.70. The second kappa shape index (κ2) is 7.17. The van der Waals surface area contributed by atoms with Crippen LogP contribution in [0.3, 0.4) is 0 Å². The third-order valence-corrected chi connectivity index (χ3v) is 2.69. The van der Waals surface area contributed by atoms with E-state index in [1.807, 2.05) is 0 Å². The van der Waals surface area contributed by atoms with E-state index < -0.39 is 12.1 Å². The molecule has 1 N–H and O–H groups in total. The topological polar surface area (TPSA) is 46.5 Å². The van der Waals surface area contributed by atoms with Gasteiger partial charge in [0.2, 0.25) is 0 Å². The Kier molecular flexibility index (Phi) is 5.84. The maximum atomic E-state index is 11.0. The van der Waals surface area contributed by atoms with Gasteiger partial charge in [0.25, 0.3) is 0 Å². The first-order valence-corrected chi connectivity index (χ1v) is 6.16. The maximum Gasteiger partial charge on any atom is 0.344 e. The molecule has 0 spiro atoms. The summed E-state index contributed by atoms with van der Waals surface area (Å²) in [7, 11) is 0. The van der Waals surface area contributed by atoms with Gasteiger partial charge in [-0.1, -0.05) is 31.4 Å². The minimum Gasteiger partial charge on any atom is -0.479 e. The van der Waals surface area contributed by atoms with Crippen molar-refractivity contribution in [2.75, 3.05) is 0 Å². The van der Waals surface area contributed by atoms with E-state index in [0.29, 0.717) is 17.2 Å². The van der Waals surface area contributed by atoms with Gasteiger partial charge in [0.1, 0.15) is 5.75 Å². The van der Waals surface area contributed by atoms with Gasteiger partial charge in [-0.2, -0.15) is 0 Å². The van der Waals surface area contributed by atoms with Crippen molar-refractivity contribution >= 4 is 17.6 Å². The van der Waals surface area contributed by atoms with Crippen LogP contribution >= 0.6 is 11.6 Å². The van der Waals surface area contributed by atoms with Crippen molar-refractivity contribution in [3.63, 3.8) is 0 Å². The summed E-state index contributed by atoms with van der Waals surface area (Å²) in [5.74, 6) is -0.380. The summed E-state index contributed by atoms with van der Waals surface area (Å²) in [4.78, 5) is 11.0. The summed E-state index contributed by atoms with van der Waals surface area (Å²) < 4.78 is 5.42. The molecule has 0 aromatic heterocycles. The van der Waals surface area contributed by atoms with Crippen molar-refractivity contribution < 1.29 is 14.6 Å². The summed E-state index contributed by atoms with van der Waals surface area (Å²) in [6, 6.07) is 6.72. The molecule has 4 heteroatoms. The summed E-state index contributed by atoms with van der Waals surface area (Å²) >= 11 is 5.74. The largest absolute Gasteiger partial charge is 0.479 e. The molecule has 0 aliphatic heterocycles. The molecule has 1 rings (SSSR count). The number of unbranched alkanes of at least 4 members (excludes halogenated alkanes) is 2. The second-order valence-electron chi connectivity index (χ2n) is 3.89. The summed E-state index contributed by atoms with van der Waals surface area (Å²) in [6.45, 7) is 2.08. The number of carbonyl (C=O) groups is 1. The molecule has 1 aromatic rings. The lowest BCUT2D eigenvalue weighted by molar-refractivity contribution is -0.145. The smallest absolute Gasteiger partial charge is 0.344 e. The molecule has 0 fully saturated rings. The molecule has 17 heavy (non-hydrogen) atoms. The van der Waals surface area contributed by atoms with Crippen LogP contribution in [0.5, 0.6) is 5.75 Å². The molecule has 1 aromatic carbocycles. The molecule has 0 heterocycles. The van der Waals surface area contributed by atoms with Crippen LogP contribution < -0.4 is 4.74 Å². The van der Waals surface area contributed by atoms with Gasteiger partial charge in [-0.25, -0.2) is 4.79 Å². The van der Waals surface area contributed by atoms with Gasteiger partial charge in [-0.05, 0) is 37.1 Å². The van der Waals surface area contributed by atoms with Crippen molar-refractivity contribution in [2.24, 2.45) is 0 Å². The Balaban J connectivity index is 2.54. The van der Waals surface area contributed by atoms with Gasteiger partial charge in [0.15, 0.2) is 6.10 Å². The van der Waals surface area contributed by atoms with Crippen LogP contribution in [0.4, 0.5) is 0 Å². The number of benzene rings is 1. The number of carboxylic acids is 1. The lowest BCUT2D eigenvalue weighted by Crippen LogP contribution is -2.26. The van der Waals surface area contributed by atoms with E-state index in [1.54, 1.807) is 24.3 Å². The number of halogens is 1. The Morgan fingerprint density at radius 2 is 2.00 bits per heavy atom. The molecule has 0 bridgehead atoms. The highest BCUT2D eigenvalue weighted by Gasteiger charge is 2.18. The molecule has 1 atom stereocenters. The highest BCUT2D eigenvalue weighted by molar-refractivity contribution is 6.30. The van der Waals surface area contributed by atoms with E-state index >= 15 is 0 Å². The first kappa shape index (κ1) is 13.8. The molecule has 0 saturated heterocycles. The van der Waals surface area contributed by atoms with Crippen LogP contribution in [0.25, 0.3) is 0 Å². The van der Waals surface area contributed by atoms with Gasteiger partial charge >= 0.3 is 5.97 Å². The molecule has 0 aliphatic carbocycles. The van der Waals surface area contributed by atoms with Gasteiger partial charge in [0, 0.05) is 5.02 Å². The predicted molar refractivity (Wildman–Crippen MR) is 67.6 cm³/mol. The summed E-state index contributed by atoms with van der Waals surface area (Å²) in [5, 5.41) is 9.64. The standard InChI is InChI=1S/C13H17ClO3/c1-2-3-4-5-12(13(15)16)17-11-8-6-10(14)7-9-11/h6-9,12H,2-5H2,1H3,(H,15,16)/t12-/m0/s1. The normalized spacial score (nSPS) is 12.1. The van der Waals surface area contributed by atoms with Crippen molar-refractivity contribution in [3.8, 4) is 5.75 Å². The van der Waals surface area contributed by atoms with Crippen molar-refractivity contribution in [2.45, 2.75) is 38.7 Å².